The first-order valence-corrected chi connectivity index (χ1v) is 6.63. The van der Waals surface area contributed by atoms with Crippen molar-refractivity contribution in [2.24, 2.45) is 5.92 Å². The molecule has 1 amide bonds. The smallest absolute Gasteiger partial charge is 0.329 e. The minimum atomic E-state index is -0.635. The Labute approximate surface area is 116 Å². The molecule has 0 spiro atoms. The van der Waals surface area contributed by atoms with Gasteiger partial charge in [-0.05, 0) is 40.0 Å². The Bertz CT molecular complexity index is 307. The van der Waals surface area contributed by atoms with Gasteiger partial charge in [-0.3, -0.25) is 4.79 Å². The van der Waals surface area contributed by atoms with Crippen molar-refractivity contribution in [2.45, 2.75) is 65.7 Å². The molecule has 5 nitrogen and oxygen atoms in total. The first kappa shape index (κ1) is 17.9. The van der Waals surface area contributed by atoms with Gasteiger partial charge in [0.05, 0.1) is 0 Å². The van der Waals surface area contributed by atoms with Crippen LogP contribution in [0.25, 0.3) is 0 Å². The Kier molecular flexibility index (Phi) is 7.05. The number of nitrogens with one attached hydrogen (secondary N) is 1. The summed E-state index contributed by atoms with van der Waals surface area (Å²) in [5.41, 5.74) is -0.566. The van der Waals surface area contributed by atoms with Crippen LogP contribution in [0, 0.1) is 5.92 Å². The molecule has 0 aromatic heterocycles. The molecule has 0 radical (unpaired) electrons. The molecule has 0 fully saturated rings. The second-order valence-electron chi connectivity index (χ2n) is 6.10. The fourth-order valence-corrected chi connectivity index (χ4v) is 1.45. The molecule has 2 atom stereocenters. The van der Waals surface area contributed by atoms with E-state index in [1.807, 2.05) is 13.8 Å². The molecule has 0 aliphatic heterocycles. The summed E-state index contributed by atoms with van der Waals surface area (Å²) in [7, 11) is 1.45. The van der Waals surface area contributed by atoms with Crippen LogP contribution in [0.15, 0.2) is 0 Å². The minimum absolute atomic E-state index is 0.274. The summed E-state index contributed by atoms with van der Waals surface area (Å²) in [5, 5.41) is 2.68. The van der Waals surface area contributed by atoms with Gasteiger partial charge < -0.3 is 14.8 Å². The van der Waals surface area contributed by atoms with Crippen LogP contribution in [0.1, 0.15) is 48.0 Å². The number of methoxy groups -OCH3 is 1. The number of hydrogen-bond donors (Lipinski definition) is 1. The Morgan fingerprint density at radius 3 is 2.05 bits per heavy atom. The SMILES string of the molecule is COC(C)C(=O)N[C@H](CC(C)C)C(=O)OC(C)(C)C. The van der Waals surface area contributed by atoms with Gasteiger partial charge >= 0.3 is 5.97 Å². The van der Waals surface area contributed by atoms with Crippen molar-refractivity contribution in [3.8, 4) is 0 Å². The van der Waals surface area contributed by atoms with E-state index < -0.39 is 23.7 Å². The van der Waals surface area contributed by atoms with Crippen LogP contribution in [0.3, 0.4) is 0 Å². The molecule has 5 heteroatoms. The second-order valence-corrected chi connectivity index (χ2v) is 6.10. The molecule has 0 aromatic rings. The summed E-state index contributed by atoms with van der Waals surface area (Å²) >= 11 is 0. The first-order chi connectivity index (χ1) is 8.56. The van der Waals surface area contributed by atoms with Crippen LogP contribution in [-0.4, -0.2) is 36.7 Å². The van der Waals surface area contributed by atoms with E-state index in [-0.39, 0.29) is 11.8 Å². The van der Waals surface area contributed by atoms with E-state index in [2.05, 4.69) is 5.32 Å². The lowest BCUT2D eigenvalue weighted by Crippen LogP contribution is -2.48. The highest BCUT2D eigenvalue weighted by Gasteiger charge is 2.28. The van der Waals surface area contributed by atoms with Crippen molar-refractivity contribution >= 4 is 11.9 Å². The van der Waals surface area contributed by atoms with Gasteiger partial charge in [0.1, 0.15) is 17.7 Å². The molecule has 1 unspecified atom stereocenters. The Balaban J connectivity index is 4.72. The normalized spacial score (nSPS) is 14.9. The molecule has 1 N–H and O–H groups in total. The first-order valence-electron chi connectivity index (χ1n) is 6.63. The Hall–Kier alpha value is -1.10. The summed E-state index contributed by atoms with van der Waals surface area (Å²) in [6, 6.07) is -0.635. The molecule has 0 heterocycles. The maximum absolute atomic E-state index is 12.1. The van der Waals surface area contributed by atoms with Gasteiger partial charge in [0.25, 0.3) is 0 Å². The minimum Gasteiger partial charge on any atom is -0.458 e. The van der Waals surface area contributed by atoms with Crippen molar-refractivity contribution in [3.05, 3.63) is 0 Å². The van der Waals surface area contributed by atoms with E-state index in [4.69, 9.17) is 9.47 Å². The third kappa shape index (κ3) is 7.82. The van der Waals surface area contributed by atoms with Gasteiger partial charge in [0, 0.05) is 7.11 Å². The highest BCUT2D eigenvalue weighted by molar-refractivity contribution is 5.86. The van der Waals surface area contributed by atoms with Crippen LogP contribution in [0.4, 0.5) is 0 Å². The maximum Gasteiger partial charge on any atom is 0.329 e. The molecule has 19 heavy (non-hydrogen) atoms. The van der Waals surface area contributed by atoms with Gasteiger partial charge in [-0.1, -0.05) is 13.8 Å². The van der Waals surface area contributed by atoms with Gasteiger partial charge in [0.2, 0.25) is 5.91 Å². The van der Waals surface area contributed by atoms with Crippen LogP contribution in [-0.2, 0) is 19.1 Å². The number of carbonyl (C=O) groups excluding carboxylic acids is 2. The van der Waals surface area contributed by atoms with Gasteiger partial charge in [-0.25, -0.2) is 4.79 Å². The van der Waals surface area contributed by atoms with E-state index in [0.717, 1.165) is 0 Å². The molecule has 0 aromatic carbocycles. The van der Waals surface area contributed by atoms with Crippen LogP contribution < -0.4 is 5.32 Å². The largest absolute Gasteiger partial charge is 0.458 e. The lowest BCUT2D eigenvalue weighted by atomic mass is 10.0. The quantitative estimate of drug-likeness (QED) is 0.751. The zero-order chi connectivity index (χ0) is 15.2. The number of rotatable bonds is 6. The highest BCUT2D eigenvalue weighted by atomic mass is 16.6. The van der Waals surface area contributed by atoms with E-state index >= 15 is 0 Å². The third-order valence-corrected chi connectivity index (χ3v) is 2.44. The fraction of sp³-hybridized carbons (Fsp3) is 0.857. The standard InChI is InChI=1S/C14H27NO4/c1-9(2)8-11(13(17)19-14(4,5)6)15-12(16)10(3)18-7/h9-11H,8H2,1-7H3,(H,15,16)/t10?,11-/m1/s1. The molecule has 0 aliphatic carbocycles. The molecule has 0 rings (SSSR count). The summed E-state index contributed by atoms with van der Waals surface area (Å²) in [4.78, 5) is 23.9. The molecular weight excluding hydrogens is 246 g/mol. The molecule has 0 saturated carbocycles. The summed E-state index contributed by atoms with van der Waals surface area (Å²) in [6.07, 6.45) is -0.0472. The number of amides is 1. The maximum atomic E-state index is 12.1. The van der Waals surface area contributed by atoms with Crippen LogP contribution >= 0.6 is 0 Å². The highest BCUT2D eigenvalue weighted by Crippen LogP contribution is 2.13. The van der Waals surface area contributed by atoms with Gasteiger partial charge in [-0.15, -0.1) is 0 Å². The monoisotopic (exact) mass is 273 g/mol. The molecular formula is C14H27NO4. The fourth-order valence-electron chi connectivity index (χ4n) is 1.45. The summed E-state index contributed by atoms with van der Waals surface area (Å²) < 4.78 is 10.3. The zero-order valence-corrected chi connectivity index (χ0v) is 13.1. The third-order valence-electron chi connectivity index (χ3n) is 2.44. The van der Waals surface area contributed by atoms with Crippen LogP contribution in [0.5, 0.6) is 0 Å². The average Bonchev–Trinajstić information content (AvgIpc) is 2.23. The second kappa shape index (κ2) is 7.48. The van der Waals surface area contributed by atoms with Crippen molar-refractivity contribution < 1.29 is 19.1 Å². The van der Waals surface area contributed by atoms with E-state index in [9.17, 15) is 9.59 Å². The number of hydrogen-bond acceptors (Lipinski definition) is 4. The Morgan fingerprint density at radius 2 is 1.68 bits per heavy atom. The zero-order valence-electron chi connectivity index (χ0n) is 13.1. The predicted molar refractivity (Wildman–Crippen MR) is 73.7 cm³/mol. The molecule has 0 bridgehead atoms. The van der Waals surface area contributed by atoms with Crippen molar-refractivity contribution in [3.63, 3.8) is 0 Å². The number of esters is 1. The topological polar surface area (TPSA) is 64.6 Å². The van der Waals surface area contributed by atoms with Crippen LogP contribution in [0.2, 0.25) is 0 Å². The van der Waals surface area contributed by atoms with Crippen molar-refractivity contribution in [2.75, 3.05) is 7.11 Å². The van der Waals surface area contributed by atoms with Gasteiger partial charge in [-0.2, -0.15) is 0 Å². The predicted octanol–water partition coefficient (Wildman–Crippen LogP) is 1.89. The number of carbonyl (C=O) groups is 2. The van der Waals surface area contributed by atoms with Gasteiger partial charge in [0.15, 0.2) is 0 Å². The lowest BCUT2D eigenvalue weighted by Gasteiger charge is -2.26. The average molecular weight is 273 g/mol. The van der Waals surface area contributed by atoms with E-state index in [0.29, 0.717) is 6.42 Å². The molecule has 0 saturated heterocycles. The van der Waals surface area contributed by atoms with E-state index in [1.165, 1.54) is 7.11 Å². The molecule has 112 valence electrons. The molecule has 0 aliphatic rings. The number of ether oxygens (including phenoxy) is 2. The summed E-state index contributed by atoms with van der Waals surface area (Å²) in [5.74, 6) is -0.437. The van der Waals surface area contributed by atoms with E-state index in [1.54, 1.807) is 27.7 Å². The lowest BCUT2D eigenvalue weighted by molar-refractivity contribution is -0.159. The van der Waals surface area contributed by atoms with Crippen molar-refractivity contribution in [1.29, 1.82) is 0 Å². The van der Waals surface area contributed by atoms with Crippen molar-refractivity contribution in [1.82, 2.24) is 5.32 Å². The Morgan fingerprint density at radius 1 is 1.16 bits per heavy atom. The summed E-state index contributed by atoms with van der Waals surface area (Å²) in [6.45, 7) is 11.0.